The Hall–Kier alpha value is -2.22. The lowest BCUT2D eigenvalue weighted by Gasteiger charge is -2.06. The van der Waals surface area contributed by atoms with Crippen LogP contribution in [-0.2, 0) is 21.1 Å². The van der Waals surface area contributed by atoms with E-state index in [4.69, 9.17) is 9.88 Å². The molecule has 0 spiro atoms. The maximum absolute atomic E-state index is 12.4. The molecule has 0 heterocycles. The molecule has 0 saturated carbocycles. The molecule has 0 aliphatic heterocycles. The Labute approximate surface area is 141 Å². The Balaban J connectivity index is 1.81. The molecule has 0 aliphatic rings. The van der Waals surface area contributed by atoms with Crippen LogP contribution in [0.1, 0.15) is 18.4 Å². The molecule has 0 aromatic heterocycles. The number of nitro groups is 1. The van der Waals surface area contributed by atoms with Gasteiger partial charge in [-0.15, -0.1) is 0 Å². The molecule has 0 amide bonds. The highest BCUT2D eigenvalue weighted by Gasteiger charge is 2.08. The number of rotatable bonds is 8. The molecule has 0 bridgehead atoms. The third-order valence-corrected chi connectivity index (χ3v) is 5.13. The van der Waals surface area contributed by atoms with Crippen LogP contribution in [-0.4, -0.2) is 21.1 Å². The molecular formula is C17H20N2O4S. The molecule has 0 radical (unpaired) electrons. The molecule has 2 rings (SSSR count). The van der Waals surface area contributed by atoms with E-state index in [-0.39, 0.29) is 5.69 Å². The van der Waals surface area contributed by atoms with E-state index in [9.17, 15) is 14.3 Å². The number of nitrogens with two attached hydrogens (primary N) is 1. The highest BCUT2D eigenvalue weighted by atomic mass is 32.2. The van der Waals surface area contributed by atoms with Crippen molar-refractivity contribution in [2.24, 2.45) is 5.14 Å². The van der Waals surface area contributed by atoms with Gasteiger partial charge in [-0.1, -0.05) is 30.3 Å². The zero-order valence-electron chi connectivity index (χ0n) is 13.2. The van der Waals surface area contributed by atoms with Crippen molar-refractivity contribution >= 4 is 20.8 Å². The molecule has 0 fully saturated rings. The maximum atomic E-state index is 12.4. The van der Waals surface area contributed by atoms with E-state index in [1.807, 2.05) is 30.3 Å². The van der Waals surface area contributed by atoms with Crippen molar-refractivity contribution < 1.29 is 13.9 Å². The molecule has 0 saturated heterocycles. The molecule has 2 aromatic rings. The molecule has 2 N–H and O–H groups in total. The molecule has 7 heteroatoms. The largest absolute Gasteiger partial charge is 0.377 e. The van der Waals surface area contributed by atoms with Gasteiger partial charge in [-0.2, -0.15) is 0 Å². The minimum absolute atomic E-state index is 0.0525. The fourth-order valence-corrected chi connectivity index (χ4v) is 3.36. The topological polar surface area (TPSA) is 95.5 Å². The molecule has 2 aromatic carbocycles. The first-order valence-electron chi connectivity index (χ1n) is 7.50. The van der Waals surface area contributed by atoms with Crippen LogP contribution in [0.25, 0.3) is 0 Å². The van der Waals surface area contributed by atoms with Gasteiger partial charge >= 0.3 is 0 Å². The van der Waals surface area contributed by atoms with E-state index in [0.717, 1.165) is 5.56 Å². The van der Waals surface area contributed by atoms with Crippen molar-refractivity contribution in [3.8, 4) is 0 Å². The summed E-state index contributed by atoms with van der Waals surface area (Å²) in [6.07, 6.45) is 1.25. The van der Waals surface area contributed by atoms with E-state index < -0.39 is 14.6 Å². The second-order valence-corrected chi connectivity index (χ2v) is 7.35. The average molecular weight is 348 g/mol. The highest BCUT2D eigenvalue weighted by molar-refractivity contribution is 7.99. The number of hydrogen-bond donors (Lipinski definition) is 1. The number of hydrogen-bond acceptors (Lipinski definition) is 4. The highest BCUT2D eigenvalue weighted by Crippen LogP contribution is 2.15. The average Bonchev–Trinajstić information content (AvgIpc) is 2.59. The number of nitrogens with zero attached hydrogens (tertiary/aromatic N) is 1. The Bertz CT molecular complexity index is 782. The third-order valence-electron chi connectivity index (χ3n) is 3.39. The minimum atomic E-state index is -2.80. The summed E-state index contributed by atoms with van der Waals surface area (Å²) in [5, 5.41) is 18.0. The van der Waals surface area contributed by atoms with E-state index in [1.54, 1.807) is 5.37 Å². The summed E-state index contributed by atoms with van der Waals surface area (Å²) in [6.45, 7) is 1.09. The Kier molecular flexibility index (Phi) is 6.48. The molecule has 128 valence electrons. The third kappa shape index (κ3) is 5.45. The summed E-state index contributed by atoms with van der Waals surface area (Å²) in [4.78, 5) is 10.5. The zero-order valence-corrected chi connectivity index (χ0v) is 14.0. The standard InChI is InChI=1S/C17H20N2O4S/c18-24(22,17-10-8-16(9-11-17)19(20)21)13-5-4-12-23-14-15-6-2-1-3-7-15/h1-3,6-11,13H,4-5,12,14H2,(H2,18,22). The van der Waals surface area contributed by atoms with Crippen LogP contribution in [0, 0.1) is 10.1 Å². The minimum Gasteiger partial charge on any atom is -0.377 e. The zero-order chi connectivity index (χ0) is 17.4. The predicted octanol–water partition coefficient (Wildman–Crippen LogP) is 2.91. The van der Waals surface area contributed by atoms with Gasteiger partial charge in [0.25, 0.3) is 5.69 Å². The van der Waals surface area contributed by atoms with E-state index in [2.05, 4.69) is 0 Å². The first kappa shape index (κ1) is 18.1. The molecular weight excluding hydrogens is 328 g/mol. The summed E-state index contributed by atoms with van der Waals surface area (Å²) in [7, 11) is -2.80. The molecule has 1 atom stereocenters. The lowest BCUT2D eigenvalue weighted by molar-refractivity contribution is -0.384. The van der Waals surface area contributed by atoms with Crippen molar-refractivity contribution in [2.45, 2.75) is 24.3 Å². The molecule has 6 nitrogen and oxygen atoms in total. The van der Waals surface area contributed by atoms with Crippen LogP contribution < -0.4 is 5.14 Å². The number of benzene rings is 2. The van der Waals surface area contributed by atoms with Gasteiger partial charge < -0.3 is 4.74 Å². The summed E-state index contributed by atoms with van der Waals surface area (Å²) in [5.74, 6) is 0. The van der Waals surface area contributed by atoms with Crippen LogP contribution in [0.3, 0.4) is 0 Å². The summed E-state index contributed by atoms with van der Waals surface area (Å²) in [5.41, 5.74) is 1.05. The smallest absolute Gasteiger partial charge is 0.269 e. The van der Waals surface area contributed by atoms with Crippen LogP contribution in [0.4, 0.5) is 5.69 Å². The van der Waals surface area contributed by atoms with Crippen molar-refractivity contribution in [1.82, 2.24) is 0 Å². The van der Waals surface area contributed by atoms with Gasteiger partial charge in [0.15, 0.2) is 0 Å². The molecule has 0 aliphatic carbocycles. The van der Waals surface area contributed by atoms with Crippen molar-refractivity contribution in [1.29, 1.82) is 0 Å². The lowest BCUT2D eigenvalue weighted by Crippen LogP contribution is -2.16. The second kappa shape index (κ2) is 8.58. The van der Waals surface area contributed by atoms with Gasteiger partial charge in [-0.3, -0.25) is 15.3 Å². The lowest BCUT2D eigenvalue weighted by atomic mass is 10.2. The number of non-ortho nitro benzene ring substituents is 1. The number of unbranched alkanes of at least 4 members (excludes halogenated alkanes) is 1. The number of nitro benzene ring substituents is 1. The summed E-state index contributed by atoms with van der Waals surface area (Å²) < 4.78 is 18.0. The van der Waals surface area contributed by atoms with Crippen molar-refractivity contribution in [3.05, 3.63) is 70.3 Å². The van der Waals surface area contributed by atoms with Gasteiger partial charge in [0.1, 0.15) is 0 Å². The first-order chi connectivity index (χ1) is 11.5. The van der Waals surface area contributed by atoms with Crippen LogP contribution >= 0.6 is 0 Å². The van der Waals surface area contributed by atoms with Gasteiger partial charge in [0, 0.05) is 23.6 Å². The van der Waals surface area contributed by atoms with E-state index in [1.165, 1.54) is 24.3 Å². The van der Waals surface area contributed by atoms with Crippen molar-refractivity contribution in [3.63, 3.8) is 0 Å². The fraction of sp³-hybridized carbons (Fsp3) is 0.235. The Morgan fingerprint density at radius 1 is 1.12 bits per heavy atom. The molecule has 1 unspecified atom stereocenters. The summed E-state index contributed by atoms with van der Waals surface area (Å²) >= 11 is 0. The first-order valence-corrected chi connectivity index (χ1v) is 9.19. The predicted molar refractivity (Wildman–Crippen MR) is 95.1 cm³/mol. The normalized spacial score (nSPS) is 13.2. The Morgan fingerprint density at radius 3 is 2.42 bits per heavy atom. The van der Waals surface area contributed by atoms with Gasteiger partial charge in [0.05, 0.1) is 21.2 Å². The monoisotopic (exact) mass is 348 g/mol. The Morgan fingerprint density at radius 2 is 1.79 bits per heavy atom. The quantitative estimate of drug-likeness (QED) is 0.343. The van der Waals surface area contributed by atoms with Crippen LogP contribution in [0.2, 0.25) is 0 Å². The van der Waals surface area contributed by atoms with Gasteiger partial charge in [-0.05, 0) is 35.9 Å². The van der Waals surface area contributed by atoms with Gasteiger partial charge in [-0.25, -0.2) is 4.21 Å². The van der Waals surface area contributed by atoms with E-state index >= 15 is 0 Å². The fourth-order valence-electron chi connectivity index (χ4n) is 2.08. The van der Waals surface area contributed by atoms with Crippen molar-refractivity contribution in [2.75, 3.05) is 6.61 Å². The van der Waals surface area contributed by atoms with E-state index in [0.29, 0.717) is 31.0 Å². The molecule has 24 heavy (non-hydrogen) atoms. The summed E-state index contributed by atoms with van der Waals surface area (Å²) in [6, 6.07) is 15.3. The van der Waals surface area contributed by atoms with Crippen LogP contribution in [0.5, 0.6) is 0 Å². The maximum Gasteiger partial charge on any atom is 0.269 e. The van der Waals surface area contributed by atoms with Gasteiger partial charge in [0.2, 0.25) is 0 Å². The second-order valence-electron chi connectivity index (χ2n) is 5.25. The number of ether oxygens (including phenoxy) is 1. The SMILES string of the molecule is NS(=O)(=CCCCOCc1ccccc1)c1ccc([N+](=O)[O-])cc1. The van der Waals surface area contributed by atoms with Crippen LogP contribution in [0.15, 0.2) is 59.5 Å².